The van der Waals surface area contributed by atoms with Crippen LogP contribution in [0.1, 0.15) is 39.0 Å². The maximum absolute atomic E-state index is 11.6. The molecule has 4 heteroatoms. The third-order valence-electron chi connectivity index (χ3n) is 3.31. The second-order valence-corrected chi connectivity index (χ2v) is 4.78. The van der Waals surface area contributed by atoms with Gasteiger partial charge in [0.2, 0.25) is 5.91 Å². The number of likely N-dealkylation sites (N-methyl/N-ethyl adjacent to an activating group) is 1. The number of nitrogens with one attached hydrogen (secondary N) is 1. The lowest BCUT2D eigenvalue weighted by atomic mass is 9.90. The van der Waals surface area contributed by atoms with Gasteiger partial charge >= 0.3 is 0 Å². The summed E-state index contributed by atoms with van der Waals surface area (Å²) in [5.74, 6) is 0.113. The summed E-state index contributed by atoms with van der Waals surface area (Å²) in [6, 6.07) is 0.610. The average Bonchev–Trinajstić information content (AvgIpc) is 2.26. The molecule has 1 aliphatic carbocycles. The number of hydrogen-bond acceptors (Lipinski definition) is 3. The Bertz CT molecular complexity index is 220. The first-order valence-electron chi connectivity index (χ1n) is 6.37. The maximum atomic E-state index is 11.6. The number of hydrogen-bond donors (Lipinski definition) is 2. The molecule has 1 saturated carbocycles. The Labute approximate surface area is 98.6 Å². The number of nitrogens with two attached hydrogens (primary N) is 1. The van der Waals surface area contributed by atoms with E-state index >= 15 is 0 Å². The summed E-state index contributed by atoms with van der Waals surface area (Å²) in [6.07, 6.45) is 5.66. The maximum Gasteiger partial charge on any atom is 0.234 e. The second-order valence-electron chi connectivity index (χ2n) is 4.78. The van der Waals surface area contributed by atoms with Gasteiger partial charge in [-0.1, -0.05) is 19.8 Å². The molecule has 1 fully saturated rings. The van der Waals surface area contributed by atoms with Crippen molar-refractivity contribution in [2.45, 2.75) is 51.1 Å². The molecule has 0 radical (unpaired) electrons. The first kappa shape index (κ1) is 13.5. The van der Waals surface area contributed by atoms with Crippen LogP contribution in [-0.4, -0.2) is 43.0 Å². The standard InChI is InChI=1S/C12H25N3O/c1-3-8-14-12(16)9-15(2)11-7-5-4-6-10(11)13/h10-11H,3-9,13H2,1-2H3,(H,14,16). The molecule has 0 aliphatic heterocycles. The molecule has 0 spiro atoms. The highest BCUT2D eigenvalue weighted by Crippen LogP contribution is 2.20. The van der Waals surface area contributed by atoms with Gasteiger partial charge in [-0.25, -0.2) is 0 Å². The summed E-state index contributed by atoms with van der Waals surface area (Å²) in [5.41, 5.74) is 6.08. The zero-order valence-electron chi connectivity index (χ0n) is 10.5. The van der Waals surface area contributed by atoms with Crippen molar-refractivity contribution in [3.63, 3.8) is 0 Å². The molecule has 0 saturated heterocycles. The van der Waals surface area contributed by atoms with E-state index in [1.807, 2.05) is 7.05 Å². The molecule has 2 atom stereocenters. The fraction of sp³-hybridized carbons (Fsp3) is 0.917. The largest absolute Gasteiger partial charge is 0.355 e. The summed E-state index contributed by atoms with van der Waals surface area (Å²) in [6.45, 7) is 3.29. The Morgan fingerprint density at radius 2 is 2.12 bits per heavy atom. The van der Waals surface area contributed by atoms with Crippen molar-refractivity contribution in [3.05, 3.63) is 0 Å². The van der Waals surface area contributed by atoms with Crippen LogP contribution >= 0.6 is 0 Å². The molecule has 0 aromatic rings. The van der Waals surface area contributed by atoms with Crippen molar-refractivity contribution in [2.24, 2.45) is 5.73 Å². The normalized spacial score (nSPS) is 25.8. The number of amides is 1. The fourth-order valence-electron chi connectivity index (χ4n) is 2.35. The lowest BCUT2D eigenvalue weighted by Crippen LogP contribution is -2.50. The average molecular weight is 227 g/mol. The van der Waals surface area contributed by atoms with E-state index < -0.39 is 0 Å². The highest BCUT2D eigenvalue weighted by molar-refractivity contribution is 5.77. The van der Waals surface area contributed by atoms with Gasteiger partial charge in [0, 0.05) is 18.6 Å². The monoisotopic (exact) mass is 227 g/mol. The smallest absolute Gasteiger partial charge is 0.234 e. The first-order chi connectivity index (χ1) is 7.65. The minimum atomic E-state index is 0.113. The molecule has 3 N–H and O–H groups in total. The Morgan fingerprint density at radius 3 is 2.75 bits per heavy atom. The Balaban J connectivity index is 2.32. The SMILES string of the molecule is CCCNC(=O)CN(C)C1CCCCC1N. The molecule has 1 aliphatic rings. The molecule has 1 amide bonds. The zero-order chi connectivity index (χ0) is 12.0. The highest BCUT2D eigenvalue weighted by atomic mass is 16.2. The Hall–Kier alpha value is -0.610. The third-order valence-corrected chi connectivity index (χ3v) is 3.31. The van der Waals surface area contributed by atoms with Crippen LogP contribution in [0.4, 0.5) is 0 Å². The van der Waals surface area contributed by atoms with Crippen LogP contribution in [-0.2, 0) is 4.79 Å². The summed E-state index contributed by atoms with van der Waals surface area (Å²) in [7, 11) is 2.00. The molecule has 94 valence electrons. The minimum absolute atomic E-state index is 0.113. The van der Waals surface area contributed by atoms with Crippen molar-refractivity contribution in [2.75, 3.05) is 20.1 Å². The first-order valence-corrected chi connectivity index (χ1v) is 6.37. The van der Waals surface area contributed by atoms with Crippen molar-refractivity contribution < 1.29 is 4.79 Å². The van der Waals surface area contributed by atoms with Crippen LogP contribution in [0.15, 0.2) is 0 Å². The molecule has 2 unspecified atom stereocenters. The molecular formula is C12H25N3O. The summed E-state index contributed by atoms with van der Waals surface area (Å²) in [5, 5.41) is 2.90. The van der Waals surface area contributed by atoms with Gasteiger partial charge in [-0.05, 0) is 26.3 Å². The Morgan fingerprint density at radius 1 is 1.44 bits per heavy atom. The van der Waals surface area contributed by atoms with E-state index in [0.29, 0.717) is 12.6 Å². The van der Waals surface area contributed by atoms with Crippen LogP contribution in [0.2, 0.25) is 0 Å². The van der Waals surface area contributed by atoms with Crippen molar-refractivity contribution >= 4 is 5.91 Å². The molecule has 0 heterocycles. The fourth-order valence-corrected chi connectivity index (χ4v) is 2.35. The van der Waals surface area contributed by atoms with Crippen molar-refractivity contribution in [1.82, 2.24) is 10.2 Å². The van der Waals surface area contributed by atoms with Crippen LogP contribution in [0.25, 0.3) is 0 Å². The van der Waals surface area contributed by atoms with E-state index in [0.717, 1.165) is 25.8 Å². The van der Waals surface area contributed by atoms with E-state index in [9.17, 15) is 4.79 Å². The lowest BCUT2D eigenvalue weighted by Gasteiger charge is -2.35. The van der Waals surface area contributed by atoms with Crippen LogP contribution in [0, 0.1) is 0 Å². The quantitative estimate of drug-likeness (QED) is 0.727. The molecule has 0 aromatic carbocycles. The van der Waals surface area contributed by atoms with E-state index in [2.05, 4.69) is 17.1 Å². The summed E-state index contributed by atoms with van der Waals surface area (Å²) >= 11 is 0. The van der Waals surface area contributed by atoms with Gasteiger partial charge in [0.15, 0.2) is 0 Å². The molecule has 0 bridgehead atoms. The van der Waals surface area contributed by atoms with Gasteiger partial charge in [0.1, 0.15) is 0 Å². The predicted octanol–water partition coefficient (Wildman–Crippen LogP) is 0.714. The van der Waals surface area contributed by atoms with Crippen LogP contribution < -0.4 is 11.1 Å². The third kappa shape index (κ3) is 4.10. The Kier molecular flexibility index (Phi) is 5.77. The van der Waals surface area contributed by atoms with Crippen LogP contribution in [0.5, 0.6) is 0 Å². The van der Waals surface area contributed by atoms with E-state index in [1.54, 1.807) is 0 Å². The summed E-state index contributed by atoms with van der Waals surface area (Å²) < 4.78 is 0. The van der Waals surface area contributed by atoms with Gasteiger partial charge in [-0.2, -0.15) is 0 Å². The molecule has 16 heavy (non-hydrogen) atoms. The number of nitrogens with zero attached hydrogens (tertiary/aromatic N) is 1. The predicted molar refractivity (Wildman–Crippen MR) is 66.2 cm³/mol. The summed E-state index contributed by atoms with van der Waals surface area (Å²) in [4.78, 5) is 13.7. The van der Waals surface area contributed by atoms with E-state index in [1.165, 1.54) is 12.8 Å². The number of carbonyl (C=O) groups is 1. The minimum Gasteiger partial charge on any atom is -0.355 e. The molecule has 4 nitrogen and oxygen atoms in total. The van der Waals surface area contributed by atoms with E-state index in [-0.39, 0.29) is 11.9 Å². The topological polar surface area (TPSA) is 58.4 Å². The van der Waals surface area contributed by atoms with Crippen molar-refractivity contribution in [3.8, 4) is 0 Å². The highest BCUT2D eigenvalue weighted by Gasteiger charge is 2.26. The van der Waals surface area contributed by atoms with Gasteiger partial charge in [-0.15, -0.1) is 0 Å². The van der Waals surface area contributed by atoms with Crippen LogP contribution in [0.3, 0.4) is 0 Å². The lowest BCUT2D eigenvalue weighted by molar-refractivity contribution is -0.122. The molecule has 0 aromatic heterocycles. The number of carbonyl (C=O) groups excluding carboxylic acids is 1. The van der Waals surface area contributed by atoms with Gasteiger partial charge in [0.25, 0.3) is 0 Å². The molecule has 1 rings (SSSR count). The zero-order valence-corrected chi connectivity index (χ0v) is 10.5. The van der Waals surface area contributed by atoms with Gasteiger partial charge < -0.3 is 11.1 Å². The molecular weight excluding hydrogens is 202 g/mol. The van der Waals surface area contributed by atoms with Gasteiger partial charge in [-0.3, -0.25) is 9.69 Å². The van der Waals surface area contributed by atoms with Gasteiger partial charge in [0.05, 0.1) is 6.54 Å². The van der Waals surface area contributed by atoms with Crippen molar-refractivity contribution in [1.29, 1.82) is 0 Å². The second kappa shape index (κ2) is 6.86. The number of rotatable bonds is 5. The van der Waals surface area contributed by atoms with E-state index in [4.69, 9.17) is 5.73 Å².